The summed E-state index contributed by atoms with van der Waals surface area (Å²) in [7, 11) is 0. The van der Waals surface area contributed by atoms with Crippen molar-refractivity contribution in [1.29, 1.82) is 0 Å². The molecule has 0 saturated heterocycles. The summed E-state index contributed by atoms with van der Waals surface area (Å²) in [5, 5.41) is 9.37. The maximum Gasteiger partial charge on any atom is 0.329 e. The first-order chi connectivity index (χ1) is 13.0. The highest BCUT2D eigenvalue weighted by Crippen LogP contribution is 2.38. The van der Waals surface area contributed by atoms with Gasteiger partial charge < -0.3 is 9.84 Å². The van der Waals surface area contributed by atoms with Gasteiger partial charge in [-0.05, 0) is 46.9 Å². The number of benzene rings is 1. The molecule has 0 aliphatic heterocycles. The van der Waals surface area contributed by atoms with Gasteiger partial charge in [0.2, 0.25) is 0 Å². The third-order valence-electron chi connectivity index (χ3n) is 5.49. The number of ether oxygens (including phenoxy) is 1. The number of aliphatic carboxylic acids is 1. The van der Waals surface area contributed by atoms with Gasteiger partial charge in [0.1, 0.15) is 6.61 Å². The zero-order valence-corrected chi connectivity index (χ0v) is 19.3. The lowest BCUT2D eigenvalue weighted by Gasteiger charge is -2.30. The standard InChI is InChI=1S/C24H38O3S/c1-23(2,3)17-13-18(24(4,5)6)15-19(14-17)28-21-12-10-8-7-9-11-20(21)27-16-22(25)26/h13-15,20-21H,7-12,16H2,1-6H3,(H,25,26). The molecule has 3 nitrogen and oxygen atoms in total. The van der Waals surface area contributed by atoms with Gasteiger partial charge in [0.15, 0.2) is 0 Å². The fourth-order valence-corrected chi connectivity index (χ4v) is 5.02. The van der Waals surface area contributed by atoms with Crippen LogP contribution in [0.3, 0.4) is 0 Å². The number of rotatable bonds is 5. The molecule has 158 valence electrons. The second kappa shape index (κ2) is 9.67. The van der Waals surface area contributed by atoms with E-state index in [-0.39, 0.29) is 23.5 Å². The maximum absolute atomic E-state index is 11.0. The first-order valence-corrected chi connectivity index (χ1v) is 11.5. The fraction of sp³-hybridized carbons (Fsp3) is 0.708. The molecule has 28 heavy (non-hydrogen) atoms. The van der Waals surface area contributed by atoms with Crippen LogP contribution in [-0.2, 0) is 20.4 Å². The number of hydrogen-bond acceptors (Lipinski definition) is 3. The van der Waals surface area contributed by atoms with E-state index in [0.717, 1.165) is 19.3 Å². The average molecular weight is 407 g/mol. The highest BCUT2D eigenvalue weighted by molar-refractivity contribution is 8.00. The zero-order chi connectivity index (χ0) is 20.9. The summed E-state index contributed by atoms with van der Waals surface area (Å²) in [6.45, 7) is 13.4. The van der Waals surface area contributed by atoms with Crippen LogP contribution in [0.1, 0.15) is 91.2 Å². The van der Waals surface area contributed by atoms with Crippen LogP contribution >= 0.6 is 11.8 Å². The molecule has 1 aromatic carbocycles. The molecule has 1 N–H and O–H groups in total. The topological polar surface area (TPSA) is 46.5 Å². The molecule has 2 rings (SSSR count). The minimum atomic E-state index is -0.879. The second-order valence-electron chi connectivity index (χ2n) is 10.1. The van der Waals surface area contributed by atoms with E-state index >= 15 is 0 Å². The van der Waals surface area contributed by atoms with Gasteiger partial charge in [0.25, 0.3) is 0 Å². The largest absolute Gasteiger partial charge is 0.480 e. The predicted molar refractivity (Wildman–Crippen MR) is 119 cm³/mol. The van der Waals surface area contributed by atoms with Crippen molar-refractivity contribution in [3.8, 4) is 0 Å². The van der Waals surface area contributed by atoms with Gasteiger partial charge in [-0.15, -0.1) is 11.8 Å². The summed E-state index contributed by atoms with van der Waals surface area (Å²) >= 11 is 1.89. The molecule has 2 atom stereocenters. The number of hydrogen-bond donors (Lipinski definition) is 1. The monoisotopic (exact) mass is 406 g/mol. The Hall–Kier alpha value is -1.00. The molecule has 1 aromatic rings. The minimum absolute atomic E-state index is 0.0118. The van der Waals surface area contributed by atoms with Gasteiger partial charge in [0, 0.05) is 10.1 Å². The molecule has 1 fully saturated rings. The second-order valence-corrected chi connectivity index (χ2v) is 11.4. The SMILES string of the molecule is CC(C)(C)c1cc(SC2CCCCCCC2OCC(=O)O)cc(C(C)(C)C)c1. The highest BCUT2D eigenvalue weighted by Gasteiger charge is 2.27. The summed E-state index contributed by atoms with van der Waals surface area (Å²) in [5.41, 5.74) is 2.90. The van der Waals surface area contributed by atoms with Crippen LogP contribution in [-0.4, -0.2) is 29.0 Å². The molecule has 0 radical (unpaired) electrons. The van der Waals surface area contributed by atoms with Gasteiger partial charge in [-0.1, -0.05) is 73.3 Å². The predicted octanol–water partition coefficient (Wildman–Crippen LogP) is 6.57. The van der Waals surface area contributed by atoms with E-state index in [0.29, 0.717) is 5.25 Å². The lowest BCUT2D eigenvalue weighted by Crippen LogP contribution is -2.30. The van der Waals surface area contributed by atoms with Crippen molar-refractivity contribution in [2.45, 2.75) is 107 Å². The summed E-state index contributed by atoms with van der Waals surface area (Å²) in [5.74, 6) is -0.879. The van der Waals surface area contributed by atoms with Gasteiger partial charge in [-0.3, -0.25) is 0 Å². The van der Waals surface area contributed by atoms with Crippen LogP contribution in [0, 0.1) is 0 Å². The number of carbonyl (C=O) groups is 1. The van der Waals surface area contributed by atoms with E-state index in [9.17, 15) is 4.79 Å². The van der Waals surface area contributed by atoms with E-state index in [4.69, 9.17) is 9.84 Å². The van der Waals surface area contributed by atoms with Crippen LogP contribution in [0.4, 0.5) is 0 Å². The van der Waals surface area contributed by atoms with E-state index in [2.05, 4.69) is 59.7 Å². The summed E-state index contributed by atoms with van der Waals surface area (Å²) in [6.07, 6.45) is 6.84. The van der Waals surface area contributed by atoms with Crippen molar-refractivity contribution in [2.24, 2.45) is 0 Å². The Morgan fingerprint density at radius 1 is 0.964 bits per heavy atom. The molecule has 0 bridgehead atoms. The van der Waals surface area contributed by atoms with Crippen LogP contribution in [0.15, 0.2) is 23.1 Å². The van der Waals surface area contributed by atoms with Gasteiger partial charge in [-0.25, -0.2) is 4.79 Å². The van der Waals surface area contributed by atoms with Crippen LogP contribution in [0.2, 0.25) is 0 Å². The van der Waals surface area contributed by atoms with Crippen LogP contribution in [0.5, 0.6) is 0 Å². The molecule has 1 aliphatic carbocycles. The highest BCUT2D eigenvalue weighted by atomic mass is 32.2. The number of thioether (sulfide) groups is 1. The van der Waals surface area contributed by atoms with Gasteiger partial charge >= 0.3 is 5.97 Å². The lowest BCUT2D eigenvalue weighted by atomic mass is 9.81. The Bertz CT molecular complexity index is 623. The van der Waals surface area contributed by atoms with Crippen molar-refractivity contribution in [2.75, 3.05) is 6.61 Å². The van der Waals surface area contributed by atoms with Crippen molar-refractivity contribution in [3.63, 3.8) is 0 Å². The molecular formula is C24H38O3S. The lowest BCUT2D eigenvalue weighted by molar-refractivity contribution is -0.144. The van der Waals surface area contributed by atoms with Crippen LogP contribution < -0.4 is 0 Å². The van der Waals surface area contributed by atoms with Crippen molar-refractivity contribution in [3.05, 3.63) is 29.3 Å². The summed E-state index contributed by atoms with van der Waals surface area (Å²) < 4.78 is 5.84. The Balaban J connectivity index is 2.31. The van der Waals surface area contributed by atoms with Crippen molar-refractivity contribution < 1.29 is 14.6 Å². The smallest absolute Gasteiger partial charge is 0.329 e. The first kappa shape index (κ1) is 23.3. The average Bonchev–Trinajstić information content (AvgIpc) is 2.55. The fourth-order valence-electron chi connectivity index (χ4n) is 3.63. The van der Waals surface area contributed by atoms with E-state index < -0.39 is 5.97 Å². The summed E-state index contributed by atoms with van der Waals surface area (Å²) in [6, 6.07) is 7.00. The van der Waals surface area contributed by atoms with E-state index in [1.807, 2.05) is 11.8 Å². The van der Waals surface area contributed by atoms with Crippen molar-refractivity contribution in [1.82, 2.24) is 0 Å². The molecular weight excluding hydrogens is 368 g/mol. The van der Waals surface area contributed by atoms with E-state index in [1.54, 1.807) is 0 Å². The maximum atomic E-state index is 11.0. The Kier molecular flexibility index (Phi) is 8.04. The number of carboxylic acids is 1. The molecule has 4 heteroatoms. The molecule has 2 unspecified atom stereocenters. The quantitative estimate of drug-likeness (QED) is 0.601. The molecule has 0 aromatic heterocycles. The molecule has 1 saturated carbocycles. The van der Waals surface area contributed by atoms with Gasteiger partial charge in [-0.2, -0.15) is 0 Å². The summed E-state index contributed by atoms with van der Waals surface area (Å²) in [4.78, 5) is 12.3. The van der Waals surface area contributed by atoms with Crippen molar-refractivity contribution >= 4 is 17.7 Å². The van der Waals surface area contributed by atoms with Crippen LogP contribution in [0.25, 0.3) is 0 Å². The number of carboxylic acid groups (broad SMARTS) is 1. The normalized spacial score (nSPS) is 21.8. The third kappa shape index (κ3) is 7.11. The minimum Gasteiger partial charge on any atom is -0.480 e. The van der Waals surface area contributed by atoms with E-state index in [1.165, 1.54) is 35.3 Å². The molecule has 0 heterocycles. The molecule has 0 spiro atoms. The Morgan fingerprint density at radius 3 is 2.00 bits per heavy atom. The Labute approximate surface area is 175 Å². The Morgan fingerprint density at radius 2 is 1.50 bits per heavy atom. The molecule has 1 aliphatic rings. The zero-order valence-electron chi connectivity index (χ0n) is 18.5. The third-order valence-corrected chi connectivity index (χ3v) is 6.84. The first-order valence-electron chi connectivity index (χ1n) is 10.6. The van der Waals surface area contributed by atoms with Gasteiger partial charge in [0.05, 0.1) is 6.10 Å². The molecule has 0 amide bonds.